The highest BCUT2D eigenvalue weighted by Crippen LogP contribution is 2.55. The molecule has 4 rings (SSSR count). The summed E-state index contributed by atoms with van der Waals surface area (Å²) >= 11 is 7.52. The van der Waals surface area contributed by atoms with E-state index in [2.05, 4.69) is 61.7 Å². The molecule has 2 aromatic rings. The molecule has 2 aliphatic rings. The van der Waals surface area contributed by atoms with Gasteiger partial charge in [-0.05, 0) is 22.3 Å². The van der Waals surface area contributed by atoms with Gasteiger partial charge in [0.25, 0.3) is 0 Å². The van der Waals surface area contributed by atoms with Gasteiger partial charge in [0, 0.05) is 34.2 Å². The van der Waals surface area contributed by atoms with Gasteiger partial charge in [-0.1, -0.05) is 61.7 Å². The van der Waals surface area contributed by atoms with Gasteiger partial charge in [0.1, 0.15) is 13.2 Å². The van der Waals surface area contributed by atoms with Crippen molar-refractivity contribution < 1.29 is 19.1 Å². The zero-order valence-corrected chi connectivity index (χ0v) is 21.9. The zero-order valence-electron chi connectivity index (χ0n) is 18.6. The van der Waals surface area contributed by atoms with Gasteiger partial charge in [-0.3, -0.25) is 0 Å². The number of carbonyl (C=O) groups is 2. The molecule has 0 amide bonds. The second-order valence-corrected chi connectivity index (χ2v) is 13.4. The van der Waals surface area contributed by atoms with Crippen LogP contribution >= 0.6 is 47.0 Å². The van der Waals surface area contributed by atoms with Crippen molar-refractivity contribution in [3.8, 4) is 11.1 Å². The summed E-state index contributed by atoms with van der Waals surface area (Å²) in [6.45, 7) is 7.75. The van der Waals surface area contributed by atoms with Crippen LogP contribution in [0, 0.1) is 0 Å². The second-order valence-electron chi connectivity index (χ2n) is 7.69. The lowest BCUT2D eigenvalue weighted by molar-refractivity contribution is -0.138. The maximum Gasteiger partial charge on any atom is 0.330 e. The Kier molecular flexibility index (Phi) is 9.17. The van der Waals surface area contributed by atoms with Crippen molar-refractivity contribution in [2.75, 3.05) is 24.7 Å². The van der Waals surface area contributed by atoms with Gasteiger partial charge in [-0.15, -0.1) is 47.0 Å². The van der Waals surface area contributed by atoms with Crippen LogP contribution in [-0.4, -0.2) is 47.2 Å². The molecule has 4 unspecified atom stereocenters. The predicted octanol–water partition coefficient (Wildman–Crippen LogP) is 6.51. The number of benzene rings is 2. The Hall–Kier alpha value is -1.74. The summed E-state index contributed by atoms with van der Waals surface area (Å²) in [5, 5.41) is 0.532. The average Bonchev–Trinajstić information content (AvgIpc) is 3.55. The van der Waals surface area contributed by atoms with Crippen LogP contribution in [0.15, 0.2) is 73.8 Å². The van der Waals surface area contributed by atoms with Crippen LogP contribution in [0.4, 0.5) is 0 Å². The minimum Gasteiger partial charge on any atom is -0.461 e. The largest absolute Gasteiger partial charge is 0.461 e. The number of hydrogen-bond donors (Lipinski definition) is 0. The first-order valence-electron chi connectivity index (χ1n) is 10.9. The van der Waals surface area contributed by atoms with Gasteiger partial charge >= 0.3 is 11.9 Å². The van der Waals surface area contributed by atoms with E-state index in [0.717, 1.165) is 11.5 Å². The minimum atomic E-state index is -0.368. The first-order valence-corrected chi connectivity index (χ1v) is 14.9. The highest BCUT2D eigenvalue weighted by molar-refractivity contribution is 8.20. The molecule has 0 saturated carbocycles. The molecule has 0 spiro atoms. The molecule has 2 heterocycles. The van der Waals surface area contributed by atoms with Gasteiger partial charge in [0.2, 0.25) is 0 Å². The smallest absolute Gasteiger partial charge is 0.330 e. The maximum absolute atomic E-state index is 11.4. The summed E-state index contributed by atoms with van der Waals surface area (Å²) in [5.41, 5.74) is 5.09. The molecule has 2 aliphatic heterocycles. The normalized spacial score (nSPS) is 23.9. The number of hydrogen-bond acceptors (Lipinski definition) is 8. The summed E-state index contributed by atoms with van der Waals surface area (Å²) in [6.07, 6.45) is 2.42. The van der Waals surface area contributed by atoms with Gasteiger partial charge in [-0.2, -0.15) is 0 Å². The van der Waals surface area contributed by atoms with E-state index in [4.69, 9.17) is 9.47 Å². The molecule has 34 heavy (non-hydrogen) atoms. The van der Waals surface area contributed by atoms with Gasteiger partial charge in [0.15, 0.2) is 0 Å². The Morgan fingerprint density at radius 3 is 1.59 bits per heavy atom. The number of esters is 2. The van der Waals surface area contributed by atoms with E-state index in [1.165, 1.54) is 34.4 Å². The molecule has 0 radical (unpaired) electrons. The lowest BCUT2D eigenvalue weighted by Crippen LogP contribution is -2.14. The fourth-order valence-electron chi connectivity index (χ4n) is 3.76. The zero-order chi connectivity index (χ0) is 23.9. The van der Waals surface area contributed by atoms with E-state index < -0.39 is 0 Å². The Labute approximate surface area is 217 Å². The van der Waals surface area contributed by atoms with Crippen molar-refractivity contribution in [2.45, 2.75) is 19.7 Å². The summed E-state index contributed by atoms with van der Waals surface area (Å²) in [5.74, 6) is 1.14. The number of ether oxygens (including phenoxy) is 2. The van der Waals surface area contributed by atoms with Crippen molar-refractivity contribution >= 4 is 59.0 Å². The third-order valence-electron chi connectivity index (χ3n) is 5.38. The van der Waals surface area contributed by atoms with E-state index in [-0.39, 0.29) is 31.6 Å². The first kappa shape index (κ1) is 25.4. The molecule has 0 aromatic heterocycles. The van der Waals surface area contributed by atoms with E-state index in [9.17, 15) is 9.59 Å². The molecule has 0 N–H and O–H groups in total. The Morgan fingerprint density at radius 1 is 0.765 bits per heavy atom. The molecule has 0 bridgehead atoms. The molecule has 2 saturated heterocycles. The lowest BCUT2D eigenvalue weighted by Gasteiger charge is -2.20. The average molecular weight is 531 g/mol. The van der Waals surface area contributed by atoms with Crippen LogP contribution in [0.3, 0.4) is 0 Å². The number of carbonyl (C=O) groups excluding carboxylic acids is 2. The van der Waals surface area contributed by atoms with E-state index in [1.807, 2.05) is 47.0 Å². The fraction of sp³-hybridized carbons (Fsp3) is 0.308. The third kappa shape index (κ3) is 6.27. The molecule has 8 heteroatoms. The summed E-state index contributed by atoms with van der Waals surface area (Å²) < 4.78 is 11.1. The van der Waals surface area contributed by atoms with Gasteiger partial charge in [-0.25, -0.2) is 9.59 Å². The van der Waals surface area contributed by atoms with Crippen molar-refractivity contribution in [3.05, 3.63) is 85.0 Å². The predicted molar refractivity (Wildman–Crippen MR) is 147 cm³/mol. The number of rotatable bonds is 9. The third-order valence-corrected chi connectivity index (χ3v) is 12.0. The Morgan fingerprint density at radius 2 is 1.18 bits per heavy atom. The minimum absolute atomic E-state index is 0.266. The van der Waals surface area contributed by atoms with Crippen molar-refractivity contribution in [1.82, 2.24) is 0 Å². The van der Waals surface area contributed by atoms with E-state index in [1.54, 1.807) is 0 Å². The van der Waals surface area contributed by atoms with Crippen LogP contribution in [0.1, 0.15) is 20.3 Å². The van der Waals surface area contributed by atoms with Crippen LogP contribution in [0.25, 0.3) is 11.1 Å². The quantitative estimate of drug-likeness (QED) is 0.269. The molecule has 4 nitrogen and oxygen atoms in total. The van der Waals surface area contributed by atoms with Gasteiger partial charge in [0.05, 0.1) is 9.16 Å². The molecule has 178 valence electrons. The van der Waals surface area contributed by atoms with Crippen LogP contribution in [0.5, 0.6) is 0 Å². The topological polar surface area (TPSA) is 52.6 Å². The molecular formula is C26H26O4S4. The molecule has 2 fully saturated rings. The van der Waals surface area contributed by atoms with Gasteiger partial charge < -0.3 is 9.47 Å². The SMILES string of the molecule is C=CC(=O)OCC1CSC(c2ccccc2-c2ccccc2C2SCC(COC(=O)C=C)S2)S1. The maximum atomic E-state index is 11.4. The monoisotopic (exact) mass is 530 g/mol. The van der Waals surface area contributed by atoms with E-state index in [0.29, 0.717) is 13.2 Å². The standard InChI is InChI=1S/C26H26O4S4/c1-3-23(27)29-13-17-15-31-25(33-17)21-11-7-5-9-19(21)20-10-6-8-12-22(20)26-32-16-18(34-26)14-30-24(28)4-2/h3-12,17-18,25-26H,1-2,13-16H2. The van der Waals surface area contributed by atoms with Crippen molar-refractivity contribution in [1.29, 1.82) is 0 Å². The van der Waals surface area contributed by atoms with Crippen LogP contribution in [-0.2, 0) is 19.1 Å². The Balaban J connectivity index is 1.50. The molecule has 0 aliphatic carbocycles. The molecular weight excluding hydrogens is 505 g/mol. The summed E-state index contributed by atoms with van der Waals surface area (Å²) in [4.78, 5) is 22.9. The molecule has 2 aromatic carbocycles. The molecule has 4 atom stereocenters. The second kappa shape index (κ2) is 12.3. The lowest BCUT2D eigenvalue weighted by atomic mass is 9.96. The first-order chi connectivity index (χ1) is 16.6. The summed E-state index contributed by atoms with van der Waals surface area (Å²) in [6, 6.07) is 17.2. The van der Waals surface area contributed by atoms with E-state index >= 15 is 0 Å². The summed E-state index contributed by atoms with van der Waals surface area (Å²) in [7, 11) is 0. The van der Waals surface area contributed by atoms with Crippen LogP contribution < -0.4 is 0 Å². The highest BCUT2D eigenvalue weighted by Gasteiger charge is 2.32. The highest BCUT2D eigenvalue weighted by atomic mass is 32.2. The number of thioether (sulfide) groups is 4. The van der Waals surface area contributed by atoms with Crippen molar-refractivity contribution in [2.24, 2.45) is 0 Å². The fourth-order valence-corrected chi connectivity index (χ4v) is 10.3. The Bertz CT molecular complexity index is 973. The van der Waals surface area contributed by atoms with Crippen LogP contribution in [0.2, 0.25) is 0 Å². The van der Waals surface area contributed by atoms with Crippen molar-refractivity contribution in [3.63, 3.8) is 0 Å².